The second-order valence-corrected chi connectivity index (χ2v) is 7.65. The van der Waals surface area contributed by atoms with Crippen molar-refractivity contribution in [3.63, 3.8) is 0 Å². The molecular formula is C18H21ClN2OS. The molecule has 1 saturated carbocycles. The first-order valence-electron chi connectivity index (χ1n) is 8.10. The fourth-order valence-electron chi connectivity index (χ4n) is 2.99. The summed E-state index contributed by atoms with van der Waals surface area (Å²) in [5.74, 6) is 0.870. The summed E-state index contributed by atoms with van der Waals surface area (Å²) in [5, 5.41) is 6.71. The predicted octanol–water partition coefficient (Wildman–Crippen LogP) is 4.70. The molecule has 0 radical (unpaired) electrons. The number of aromatic nitrogens is 1. The predicted molar refractivity (Wildman–Crippen MR) is 95.8 cm³/mol. The average Bonchev–Trinajstić information content (AvgIpc) is 2.98. The molecule has 23 heavy (non-hydrogen) atoms. The molecule has 122 valence electrons. The highest BCUT2D eigenvalue weighted by Gasteiger charge is 2.20. The second kappa shape index (κ2) is 7.45. The Morgan fingerprint density at radius 2 is 2.13 bits per heavy atom. The highest BCUT2D eigenvalue weighted by Crippen LogP contribution is 2.26. The molecule has 1 fully saturated rings. The van der Waals surface area contributed by atoms with Crippen molar-refractivity contribution in [2.75, 3.05) is 0 Å². The standard InChI is InChI=1S/C18H21ClN2OS/c1-12-5-7-15(8-6-12)20-17(22)10-16-11-23-18(21-16)13-3-2-4-14(19)9-13/h2-4,9,11-12,15H,5-8,10H2,1H3,(H,20,22). The topological polar surface area (TPSA) is 42.0 Å². The summed E-state index contributed by atoms with van der Waals surface area (Å²) >= 11 is 7.57. The van der Waals surface area contributed by atoms with Gasteiger partial charge in [0.25, 0.3) is 0 Å². The van der Waals surface area contributed by atoms with Crippen molar-refractivity contribution >= 4 is 28.8 Å². The van der Waals surface area contributed by atoms with E-state index >= 15 is 0 Å². The largest absolute Gasteiger partial charge is 0.353 e. The molecule has 1 aromatic carbocycles. The lowest BCUT2D eigenvalue weighted by molar-refractivity contribution is -0.121. The fourth-order valence-corrected chi connectivity index (χ4v) is 4.00. The first kappa shape index (κ1) is 16.5. The molecule has 0 bridgehead atoms. The summed E-state index contributed by atoms with van der Waals surface area (Å²) in [5.41, 5.74) is 1.82. The first-order chi connectivity index (χ1) is 11.1. The Labute approximate surface area is 146 Å². The third kappa shape index (κ3) is 4.55. The van der Waals surface area contributed by atoms with Gasteiger partial charge < -0.3 is 5.32 Å². The number of amides is 1. The van der Waals surface area contributed by atoms with Crippen LogP contribution in [0.3, 0.4) is 0 Å². The van der Waals surface area contributed by atoms with Crippen molar-refractivity contribution < 1.29 is 4.79 Å². The van der Waals surface area contributed by atoms with Crippen molar-refractivity contribution in [2.45, 2.75) is 45.1 Å². The minimum absolute atomic E-state index is 0.0764. The molecule has 3 rings (SSSR count). The number of carbonyl (C=O) groups is 1. The van der Waals surface area contributed by atoms with Gasteiger partial charge >= 0.3 is 0 Å². The van der Waals surface area contributed by atoms with Gasteiger partial charge in [0.2, 0.25) is 5.91 Å². The van der Waals surface area contributed by atoms with E-state index in [1.807, 2.05) is 29.6 Å². The highest BCUT2D eigenvalue weighted by atomic mass is 35.5. The minimum Gasteiger partial charge on any atom is -0.353 e. The highest BCUT2D eigenvalue weighted by molar-refractivity contribution is 7.13. The maximum atomic E-state index is 12.2. The van der Waals surface area contributed by atoms with E-state index in [1.54, 1.807) is 11.3 Å². The van der Waals surface area contributed by atoms with Gasteiger partial charge in [0.15, 0.2) is 0 Å². The summed E-state index contributed by atoms with van der Waals surface area (Å²) in [6, 6.07) is 7.98. The molecule has 1 aromatic heterocycles. The number of nitrogens with one attached hydrogen (secondary N) is 1. The summed E-state index contributed by atoms with van der Waals surface area (Å²) in [6.07, 6.45) is 4.96. The van der Waals surface area contributed by atoms with Crippen LogP contribution in [0, 0.1) is 5.92 Å². The van der Waals surface area contributed by atoms with Crippen molar-refractivity contribution in [2.24, 2.45) is 5.92 Å². The molecule has 0 atom stereocenters. The molecule has 2 aromatic rings. The Hall–Kier alpha value is -1.39. The maximum absolute atomic E-state index is 12.2. The van der Waals surface area contributed by atoms with Crippen LogP contribution >= 0.6 is 22.9 Å². The molecule has 0 unspecified atom stereocenters. The molecule has 1 aliphatic rings. The molecule has 5 heteroatoms. The number of hydrogen-bond donors (Lipinski definition) is 1. The van der Waals surface area contributed by atoms with Crippen molar-refractivity contribution in [1.29, 1.82) is 0 Å². The van der Waals surface area contributed by atoms with E-state index < -0.39 is 0 Å². The van der Waals surface area contributed by atoms with E-state index in [2.05, 4.69) is 17.2 Å². The molecule has 3 nitrogen and oxygen atoms in total. The lowest BCUT2D eigenvalue weighted by atomic mass is 9.87. The number of halogens is 1. The van der Waals surface area contributed by atoms with Crippen molar-refractivity contribution in [1.82, 2.24) is 10.3 Å². The van der Waals surface area contributed by atoms with Crippen LogP contribution in [0.2, 0.25) is 5.02 Å². The summed E-state index contributed by atoms with van der Waals surface area (Å²) in [6.45, 7) is 2.28. The lowest BCUT2D eigenvalue weighted by Gasteiger charge is -2.26. The van der Waals surface area contributed by atoms with E-state index in [0.717, 1.165) is 35.0 Å². The number of rotatable bonds is 4. The van der Waals surface area contributed by atoms with Gasteiger partial charge in [-0.2, -0.15) is 0 Å². The fraction of sp³-hybridized carbons (Fsp3) is 0.444. The van der Waals surface area contributed by atoms with Crippen LogP contribution in [-0.2, 0) is 11.2 Å². The zero-order valence-corrected chi connectivity index (χ0v) is 14.8. The molecule has 1 amide bonds. The van der Waals surface area contributed by atoms with E-state index in [1.165, 1.54) is 12.8 Å². The zero-order valence-electron chi connectivity index (χ0n) is 13.2. The monoisotopic (exact) mass is 348 g/mol. The minimum atomic E-state index is 0.0764. The molecule has 0 saturated heterocycles. The van der Waals surface area contributed by atoms with Gasteiger partial charge in [-0.15, -0.1) is 11.3 Å². The van der Waals surface area contributed by atoms with Crippen LogP contribution in [0.1, 0.15) is 38.3 Å². The normalized spacial score (nSPS) is 21.1. The van der Waals surface area contributed by atoms with Crippen molar-refractivity contribution in [3.8, 4) is 10.6 Å². The second-order valence-electron chi connectivity index (χ2n) is 6.36. The Balaban J connectivity index is 1.57. The molecule has 1 aliphatic carbocycles. The van der Waals surface area contributed by atoms with Gasteiger partial charge in [-0.3, -0.25) is 4.79 Å². The Morgan fingerprint density at radius 1 is 1.35 bits per heavy atom. The van der Waals surface area contributed by atoms with Gasteiger partial charge in [0, 0.05) is 22.0 Å². The molecular weight excluding hydrogens is 328 g/mol. The quantitative estimate of drug-likeness (QED) is 0.870. The third-order valence-electron chi connectivity index (χ3n) is 4.35. The number of carbonyl (C=O) groups excluding carboxylic acids is 1. The zero-order chi connectivity index (χ0) is 16.2. The van der Waals surface area contributed by atoms with Crippen molar-refractivity contribution in [3.05, 3.63) is 40.4 Å². The average molecular weight is 349 g/mol. The van der Waals surface area contributed by atoms with Gasteiger partial charge in [-0.05, 0) is 43.7 Å². The van der Waals surface area contributed by atoms with Gasteiger partial charge in [-0.25, -0.2) is 4.98 Å². The van der Waals surface area contributed by atoms with E-state index in [4.69, 9.17) is 11.6 Å². The van der Waals surface area contributed by atoms with Crippen LogP contribution in [-0.4, -0.2) is 16.9 Å². The smallest absolute Gasteiger partial charge is 0.226 e. The first-order valence-corrected chi connectivity index (χ1v) is 9.35. The summed E-state index contributed by atoms with van der Waals surface area (Å²) in [7, 11) is 0. The van der Waals surface area contributed by atoms with E-state index in [9.17, 15) is 4.79 Å². The maximum Gasteiger partial charge on any atom is 0.226 e. The van der Waals surface area contributed by atoms with Crippen LogP contribution in [0.15, 0.2) is 29.6 Å². The van der Waals surface area contributed by atoms with Gasteiger partial charge in [-0.1, -0.05) is 30.7 Å². The molecule has 1 N–H and O–H groups in total. The SMILES string of the molecule is CC1CCC(NC(=O)Cc2csc(-c3cccc(Cl)c3)n2)CC1. The van der Waals surface area contributed by atoms with Gasteiger partial charge in [0.05, 0.1) is 12.1 Å². The Bertz CT molecular complexity index is 677. The molecule has 1 heterocycles. The Morgan fingerprint density at radius 3 is 2.87 bits per heavy atom. The molecule has 0 aliphatic heterocycles. The van der Waals surface area contributed by atoms with Crippen LogP contribution in [0.4, 0.5) is 0 Å². The van der Waals surface area contributed by atoms with E-state index in [0.29, 0.717) is 17.5 Å². The van der Waals surface area contributed by atoms with Crippen LogP contribution in [0.5, 0.6) is 0 Å². The van der Waals surface area contributed by atoms with Crippen LogP contribution < -0.4 is 5.32 Å². The third-order valence-corrected chi connectivity index (χ3v) is 5.52. The number of nitrogens with zero attached hydrogens (tertiary/aromatic N) is 1. The number of thiazole rings is 1. The summed E-state index contributed by atoms with van der Waals surface area (Å²) < 4.78 is 0. The van der Waals surface area contributed by atoms with E-state index in [-0.39, 0.29) is 5.91 Å². The lowest BCUT2D eigenvalue weighted by Crippen LogP contribution is -2.38. The Kier molecular flexibility index (Phi) is 5.34. The number of benzene rings is 1. The van der Waals surface area contributed by atoms with Crippen LogP contribution in [0.25, 0.3) is 10.6 Å². The summed E-state index contributed by atoms with van der Waals surface area (Å²) in [4.78, 5) is 16.8. The molecule has 0 spiro atoms. The number of hydrogen-bond acceptors (Lipinski definition) is 3. The van der Waals surface area contributed by atoms with Gasteiger partial charge in [0.1, 0.15) is 5.01 Å².